The first kappa shape index (κ1) is 43.2. The zero-order valence-electron chi connectivity index (χ0n) is 28.5. The Labute approximate surface area is 301 Å². The van der Waals surface area contributed by atoms with Gasteiger partial charge in [0.25, 0.3) is 5.91 Å². The summed E-state index contributed by atoms with van der Waals surface area (Å²) >= 11 is 0.962. The first-order valence-electron chi connectivity index (χ1n) is 16.0. The first-order valence-corrected chi connectivity index (χ1v) is 17.1. The summed E-state index contributed by atoms with van der Waals surface area (Å²) in [7, 11) is 0. The van der Waals surface area contributed by atoms with Gasteiger partial charge in [-0.15, -0.1) is 11.8 Å². The molecule has 0 bridgehead atoms. The van der Waals surface area contributed by atoms with Crippen LogP contribution >= 0.6 is 11.8 Å². The van der Waals surface area contributed by atoms with Gasteiger partial charge in [0.05, 0.1) is 24.6 Å². The molecule has 5 amide bonds. The van der Waals surface area contributed by atoms with Gasteiger partial charge in [-0.1, -0.05) is 0 Å². The summed E-state index contributed by atoms with van der Waals surface area (Å²) in [5, 5.41) is 38.4. The van der Waals surface area contributed by atoms with Gasteiger partial charge in [-0.2, -0.15) is 0 Å². The van der Waals surface area contributed by atoms with Gasteiger partial charge >= 0.3 is 17.9 Å². The van der Waals surface area contributed by atoms with Crippen molar-refractivity contribution < 1.29 is 58.4 Å². The maximum atomic E-state index is 13.4. The number of guanidine groups is 1. The molecule has 0 aromatic heterocycles. The zero-order chi connectivity index (χ0) is 39.3. The lowest BCUT2D eigenvalue weighted by molar-refractivity contribution is -0.162. The van der Waals surface area contributed by atoms with Crippen LogP contribution in [0.25, 0.3) is 0 Å². The molecule has 290 valence electrons. The van der Waals surface area contributed by atoms with Crippen molar-refractivity contribution in [2.45, 2.75) is 93.7 Å². The lowest BCUT2D eigenvalue weighted by Gasteiger charge is -2.56. The fourth-order valence-corrected chi connectivity index (χ4v) is 6.54. The first-order chi connectivity index (χ1) is 24.4. The van der Waals surface area contributed by atoms with Gasteiger partial charge in [-0.25, -0.2) is 4.79 Å². The number of amides is 5. The molecule has 2 rings (SSSR count). The highest BCUT2D eigenvalue weighted by molar-refractivity contribution is 8.00. The van der Waals surface area contributed by atoms with Gasteiger partial charge in [0.15, 0.2) is 5.96 Å². The largest absolute Gasteiger partial charge is 0.480 e. The van der Waals surface area contributed by atoms with Crippen LogP contribution in [0.4, 0.5) is 0 Å². The van der Waals surface area contributed by atoms with E-state index in [0.29, 0.717) is 0 Å². The van der Waals surface area contributed by atoms with Crippen LogP contribution in [0.15, 0.2) is 16.3 Å². The number of hydrogen-bond acceptors (Lipinski definition) is 14. The minimum atomic E-state index is -2.01. The summed E-state index contributed by atoms with van der Waals surface area (Å²) < 4.78 is 5.26. The van der Waals surface area contributed by atoms with E-state index < -0.39 is 102 Å². The second-order valence-electron chi connectivity index (χ2n) is 12.1. The highest BCUT2D eigenvalue weighted by Gasteiger charge is 2.66. The molecule has 2 aliphatic rings. The van der Waals surface area contributed by atoms with Crippen LogP contribution in [-0.4, -0.2) is 134 Å². The predicted octanol–water partition coefficient (Wildman–Crippen LogP) is -4.93. The number of nitrogens with two attached hydrogens (primary N) is 4. The van der Waals surface area contributed by atoms with Gasteiger partial charge in [0, 0.05) is 24.3 Å². The van der Waals surface area contributed by atoms with E-state index >= 15 is 0 Å². The number of nitrogens with one attached hydrogen (secondary N) is 4. The average molecular weight is 759 g/mol. The Morgan fingerprint density at radius 2 is 1.75 bits per heavy atom. The van der Waals surface area contributed by atoms with Gasteiger partial charge in [0.1, 0.15) is 29.8 Å². The molecule has 1 saturated heterocycles. The van der Waals surface area contributed by atoms with E-state index in [4.69, 9.17) is 32.8 Å². The molecule has 0 spiro atoms. The van der Waals surface area contributed by atoms with Crippen molar-refractivity contribution >= 4 is 65.7 Å². The summed E-state index contributed by atoms with van der Waals surface area (Å²) in [6, 6.07) is -4.18. The summed E-state index contributed by atoms with van der Waals surface area (Å²) in [4.78, 5) is 103. The van der Waals surface area contributed by atoms with Crippen LogP contribution in [0.2, 0.25) is 0 Å². The van der Waals surface area contributed by atoms with Crippen molar-refractivity contribution in [1.29, 1.82) is 0 Å². The van der Waals surface area contributed by atoms with E-state index in [1.807, 2.05) is 0 Å². The molecule has 1 fully saturated rings. The summed E-state index contributed by atoms with van der Waals surface area (Å²) in [5.41, 5.74) is 19.1. The number of carbonyl (C=O) groups excluding carboxylic acids is 6. The normalized spacial score (nSPS) is 20.8. The number of nitrogens with zero attached hydrogens (tertiary/aromatic N) is 2. The van der Waals surface area contributed by atoms with E-state index in [0.717, 1.165) is 16.7 Å². The molecule has 0 aliphatic carbocycles. The quantitative estimate of drug-likeness (QED) is 0.00937. The van der Waals surface area contributed by atoms with Crippen LogP contribution in [-0.2, 0) is 43.1 Å². The number of aliphatic hydroxyl groups excluding tert-OH is 1. The van der Waals surface area contributed by atoms with Crippen molar-refractivity contribution in [2.24, 2.45) is 27.9 Å². The van der Waals surface area contributed by atoms with Crippen LogP contribution in [0.1, 0.15) is 52.4 Å². The molecule has 0 aromatic carbocycles. The highest BCUT2D eigenvalue weighted by Crippen LogP contribution is 2.45. The number of thioether (sulfide) groups is 1. The van der Waals surface area contributed by atoms with Gasteiger partial charge in [-0.3, -0.25) is 43.5 Å². The molecule has 52 heavy (non-hydrogen) atoms. The third-order valence-corrected chi connectivity index (χ3v) is 9.32. The molecule has 2 aliphatic heterocycles. The third kappa shape index (κ3) is 11.5. The molecule has 15 N–H and O–H groups in total. The van der Waals surface area contributed by atoms with E-state index in [9.17, 15) is 48.6 Å². The SMILES string of the molecule is C[C@H](NC(=O)[C@@H](C)N)C(=O)N[C@@H](CCCN=C(N)N)[C@H](O)CC(=O)OCC1=C(C(=O)O)N2C(=O)[C@](NC=O)(NC(=O)CCC[C@@H](N)C(=O)O)[C@H]2SC1. The lowest BCUT2D eigenvalue weighted by Crippen LogP contribution is -2.85. The number of aliphatic hydroxyl groups is 1. The Morgan fingerprint density at radius 3 is 2.33 bits per heavy atom. The van der Waals surface area contributed by atoms with Crippen LogP contribution in [0.3, 0.4) is 0 Å². The molecule has 2 heterocycles. The van der Waals surface area contributed by atoms with Crippen LogP contribution < -0.4 is 44.2 Å². The Morgan fingerprint density at radius 1 is 1.08 bits per heavy atom. The maximum Gasteiger partial charge on any atom is 0.352 e. The molecule has 0 aromatic rings. The standard InChI is InChI=1S/C29H46N10O12S/c1-13(30)22(44)36-14(2)23(45)37-17(6-4-8-34-28(32)33)18(41)9-20(43)51-10-15-11-52-27-29(35-12-40,26(50)39(27)21(15)25(48)49)38-19(42)7-3-5-16(31)24(46)47/h12-14,16-18,27,41H,3-11,30-31H2,1-2H3,(H,35,40)(H,36,44)(H,37,45)(H,38,42)(H,46,47)(H,48,49)(H4,32,33,34)/t13-,14+,16-,17+,18-,27-,29+/m1/s1. The molecule has 0 saturated carbocycles. The minimum Gasteiger partial charge on any atom is -0.480 e. The van der Waals surface area contributed by atoms with E-state index in [-0.39, 0.29) is 62.3 Å². The Hall–Kier alpha value is -5.00. The molecule has 23 heteroatoms. The number of carboxylic acids is 2. The molecular formula is C29H46N10O12S. The fourth-order valence-electron chi connectivity index (χ4n) is 5.13. The number of aliphatic carboxylic acids is 2. The van der Waals surface area contributed by atoms with Crippen LogP contribution in [0.5, 0.6) is 0 Å². The molecule has 0 radical (unpaired) electrons. The van der Waals surface area contributed by atoms with Gasteiger partial charge < -0.3 is 64.3 Å². The van der Waals surface area contributed by atoms with Crippen molar-refractivity contribution in [3.63, 3.8) is 0 Å². The number of β-lactam (4-membered cyclic amide) rings is 1. The van der Waals surface area contributed by atoms with Gasteiger partial charge in [-0.05, 0) is 39.5 Å². The van der Waals surface area contributed by atoms with Crippen molar-refractivity contribution in [3.8, 4) is 0 Å². The monoisotopic (exact) mass is 758 g/mol. The van der Waals surface area contributed by atoms with Gasteiger partial charge in [0.2, 0.25) is 29.8 Å². The highest BCUT2D eigenvalue weighted by atomic mass is 32.2. The number of carbonyl (C=O) groups is 8. The Kier molecular flexibility index (Phi) is 16.2. The number of esters is 1. The summed E-state index contributed by atoms with van der Waals surface area (Å²) in [6.45, 7) is 2.35. The molecule has 7 atom stereocenters. The maximum absolute atomic E-state index is 13.4. The predicted molar refractivity (Wildman–Crippen MR) is 182 cm³/mol. The summed E-state index contributed by atoms with van der Waals surface area (Å²) in [5.74, 6) is -7.09. The van der Waals surface area contributed by atoms with Crippen molar-refractivity contribution in [1.82, 2.24) is 26.2 Å². The zero-order valence-corrected chi connectivity index (χ0v) is 29.3. The smallest absolute Gasteiger partial charge is 0.352 e. The van der Waals surface area contributed by atoms with Crippen LogP contribution in [0, 0.1) is 0 Å². The molecular weight excluding hydrogens is 712 g/mol. The Balaban J connectivity index is 2.13. The molecule has 0 unspecified atom stereocenters. The number of carboxylic acid groups (broad SMARTS) is 2. The van der Waals surface area contributed by atoms with E-state index in [1.165, 1.54) is 13.8 Å². The van der Waals surface area contributed by atoms with Crippen molar-refractivity contribution in [2.75, 3.05) is 18.9 Å². The van der Waals surface area contributed by atoms with E-state index in [2.05, 4.69) is 26.3 Å². The third-order valence-electron chi connectivity index (χ3n) is 7.92. The number of aliphatic imine (C=N–C) groups is 1. The molecule has 22 nitrogen and oxygen atoms in total. The number of fused-ring (bicyclic) bond motifs is 1. The van der Waals surface area contributed by atoms with Crippen molar-refractivity contribution in [3.05, 3.63) is 11.3 Å². The lowest BCUT2D eigenvalue weighted by atomic mass is 9.94. The topological polar surface area (TPSA) is 374 Å². The minimum absolute atomic E-state index is 0.000543. The number of rotatable bonds is 22. The second kappa shape index (κ2) is 19.6. The fraction of sp³-hybridized carbons (Fsp3) is 0.621. The summed E-state index contributed by atoms with van der Waals surface area (Å²) in [6.07, 6.45) is -1.87. The average Bonchev–Trinajstić information content (AvgIpc) is 3.06. The number of ether oxygens (including phenoxy) is 1. The Bertz CT molecular complexity index is 1460. The number of hydrogen-bond donors (Lipinski definition) is 11. The second-order valence-corrected chi connectivity index (χ2v) is 13.1. The van der Waals surface area contributed by atoms with E-state index in [1.54, 1.807) is 0 Å².